The Morgan fingerprint density at radius 2 is 2.14 bits per heavy atom. The number of rotatable bonds is 6. The minimum absolute atomic E-state index is 0.145. The maximum atomic E-state index is 11.6. The average Bonchev–Trinajstić information content (AvgIpc) is 2.48. The lowest BCUT2D eigenvalue weighted by Gasteiger charge is -2.12. The normalized spacial score (nSPS) is 10.5. The van der Waals surface area contributed by atoms with Gasteiger partial charge < -0.3 is 13.9 Å². The summed E-state index contributed by atoms with van der Waals surface area (Å²) in [6.45, 7) is 7.21. The molecule has 0 spiro atoms. The van der Waals surface area contributed by atoms with Crippen LogP contribution in [-0.2, 0) is 16.0 Å². The fourth-order valence-electron chi connectivity index (χ4n) is 2.19. The summed E-state index contributed by atoms with van der Waals surface area (Å²) < 4.78 is 15.7. The van der Waals surface area contributed by atoms with Gasteiger partial charge >= 0.3 is 11.6 Å². The lowest BCUT2D eigenvalue weighted by molar-refractivity contribution is -0.144. The zero-order chi connectivity index (χ0) is 16.1. The number of fused-ring (bicyclic) bond motifs is 1. The van der Waals surface area contributed by atoms with E-state index < -0.39 is 11.6 Å². The van der Waals surface area contributed by atoms with Crippen molar-refractivity contribution in [1.29, 1.82) is 0 Å². The van der Waals surface area contributed by atoms with Crippen LogP contribution in [0.5, 0.6) is 5.75 Å². The fourth-order valence-corrected chi connectivity index (χ4v) is 2.19. The number of hydrogen-bond acceptors (Lipinski definition) is 5. The molecule has 0 aliphatic carbocycles. The first-order chi connectivity index (χ1) is 10.5. The average molecular weight is 302 g/mol. The van der Waals surface area contributed by atoms with Gasteiger partial charge in [0.05, 0.1) is 5.39 Å². The summed E-state index contributed by atoms with van der Waals surface area (Å²) in [5.41, 5.74) is 1.75. The Morgan fingerprint density at radius 1 is 1.36 bits per heavy atom. The van der Waals surface area contributed by atoms with E-state index in [1.807, 2.05) is 19.9 Å². The van der Waals surface area contributed by atoms with Crippen LogP contribution < -0.4 is 10.4 Å². The van der Waals surface area contributed by atoms with Crippen molar-refractivity contribution in [2.75, 3.05) is 13.2 Å². The van der Waals surface area contributed by atoms with E-state index >= 15 is 0 Å². The van der Waals surface area contributed by atoms with E-state index in [9.17, 15) is 9.59 Å². The molecule has 2 aromatic rings. The Bertz CT molecular complexity index is 757. The van der Waals surface area contributed by atoms with E-state index in [0.717, 1.165) is 11.1 Å². The Balaban J connectivity index is 2.38. The molecule has 0 atom stereocenters. The first-order valence-corrected chi connectivity index (χ1v) is 7.01. The molecule has 1 aromatic carbocycles. The van der Waals surface area contributed by atoms with Gasteiger partial charge in [-0.05, 0) is 36.6 Å². The van der Waals surface area contributed by atoms with Crippen LogP contribution in [0.3, 0.4) is 0 Å². The maximum absolute atomic E-state index is 11.6. The number of esters is 1. The molecular weight excluding hydrogens is 284 g/mol. The van der Waals surface area contributed by atoms with Gasteiger partial charge in [0.1, 0.15) is 17.9 Å². The van der Waals surface area contributed by atoms with Gasteiger partial charge in [0, 0.05) is 6.07 Å². The molecule has 0 fully saturated rings. The topological polar surface area (TPSA) is 65.7 Å². The predicted octanol–water partition coefficient (Wildman–Crippen LogP) is 2.77. The Kier molecular flexibility index (Phi) is 4.99. The monoisotopic (exact) mass is 302 g/mol. The molecule has 116 valence electrons. The molecule has 0 amide bonds. The zero-order valence-electron chi connectivity index (χ0n) is 12.7. The summed E-state index contributed by atoms with van der Waals surface area (Å²) in [4.78, 5) is 23.1. The number of ether oxygens (including phenoxy) is 2. The van der Waals surface area contributed by atoms with Gasteiger partial charge in [-0.15, -0.1) is 0 Å². The molecule has 22 heavy (non-hydrogen) atoms. The molecule has 0 aliphatic rings. The van der Waals surface area contributed by atoms with Gasteiger partial charge in [0.15, 0.2) is 6.61 Å². The van der Waals surface area contributed by atoms with Crippen LogP contribution in [0, 0.1) is 6.92 Å². The summed E-state index contributed by atoms with van der Waals surface area (Å²) in [5.74, 6) is 0.0242. The van der Waals surface area contributed by atoms with E-state index in [0.29, 0.717) is 23.1 Å². The first-order valence-electron chi connectivity index (χ1n) is 7.01. The van der Waals surface area contributed by atoms with Gasteiger partial charge in [-0.2, -0.15) is 0 Å². The van der Waals surface area contributed by atoms with Gasteiger partial charge in [0.25, 0.3) is 0 Å². The van der Waals surface area contributed by atoms with Crippen LogP contribution in [0.15, 0.2) is 40.1 Å². The Hall–Kier alpha value is -2.56. The molecule has 0 saturated carbocycles. The highest BCUT2D eigenvalue weighted by Crippen LogP contribution is 2.30. The molecule has 0 saturated heterocycles. The molecule has 2 rings (SSSR count). The quantitative estimate of drug-likeness (QED) is 0.466. The van der Waals surface area contributed by atoms with Crippen molar-refractivity contribution < 1.29 is 18.7 Å². The lowest BCUT2D eigenvalue weighted by Crippen LogP contribution is -2.15. The minimum Gasteiger partial charge on any atom is -0.481 e. The Labute approximate surface area is 128 Å². The number of aryl methyl sites for hydroxylation is 2. The summed E-state index contributed by atoms with van der Waals surface area (Å²) in [7, 11) is 0. The molecule has 0 aliphatic heterocycles. The predicted molar refractivity (Wildman–Crippen MR) is 83.3 cm³/mol. The van der Waals surface area contributed by atoms with Crippen LogP contribution in [0.25, 0.3) is 11.0 Å². The van der Waals surface area contributed by atoms with Crippen molar-refractivity contribution in [1.82, 2.24) is 0 Å². The second kappa shape index (κ2) is 6.93. The van der Waals surface area contributed by atoms with Crippen LogP contribution in [0.1, 0.15) is 18.1 Å². The molecule has 1 aromatic heterocycles. The SMILES string of the molecule is C=CCOC(=O)COc1cc(C)cc2oc(=O)cc(CC)c12. The molecule has 0 N–H and O–H groups in total. The fraction of sp³-hybridized carbons (Fsp3) is 0.294. The molecular formula is C17H18O5. The highest BCUT2D eigenvalue weighted by molar-refractivity contribution is 5.88. The van der Waals surface area contributed by atoms with E-state index in [1.54, 1.807) is 6.07 Å². The van der Waals surface area contributed by atoms with E-state index in [2.05, 4.69) is 6.58 Å². The number of benzene rings is 1. The van der Waals surface area contributed by atoms with E-state index in [4.69, 9.17) is 13.9 Å². The van der Waals surface area contributed by atoms with Crippen molar-refractivity contribution in [3.8, 4) is 5.75 Å². The van der Waals surface area contributed by atoms with Crippen LogP contribution in [0.4, 0.5) is 0 Å². The van der Waals surface area contributed by atoms with Crippen LogP contribution in [0.2, 0.25) is 0 Å². The summed E-state index contributed by atoms with van der Waals surface area (Å²) in [6, 6.07) is 5.03. The van der Waals surface area contributed by atoms with Crippen molar-refractivity contribution >= 4 is 16.9 Å². The maximum Gasteiger partial charge on any atom is 0.344 e. The third kappa shape index (κ3) is 3.55. The molecule has 0 bridgehead atoms. The highest BCUT2D eigenvalue weighted by atomic mass is 16.6. The minimum atomic E-state index is -0.481. The standard InChI is InChI=1S/C17H18O5/c1-4-6-20-16(19)10-21-13-7-11(3)8-14-17(13)12(5-2)9-15(18)22-14/h4,7-9H,1,5-6,10H2,2-3H3. The first kappa shape index (κ1) is 15.8. The second-order valence-electron chi connectivity index (χ2n) is 4.84. The number of hydrogen-bond donors (Lipinski definition) is 0. The van der Waals surface area contributed by atoms with Crippen LogP contribution in [-0.4, -0.2) is 19.2 Å². The van der Waals surface area contributed by atoms with Crippen molar-refractivity contribution in [3.05, 3.63) is 52.4 Å². The number of carbonyl (C=O) groups is 1. The second-order valence-corrected chi connectivity index (χ2v) is 4.84. The highest BCUT2D eigenvalue weighted by Gasteiger charge is 2.13. The third-order valence-corrected chi connectivity index (χ3v) is 3.12. The Morgan fingerprint density at radius 3 is 2.82 bits per heavy atom. The molecule has 5 heteroatoms. The third-order valence-electron chi connectivity index (χ3n) is 3.12. The molecule has 1 heterocycles. The van der Waals surface area contributed by atoms with Gasteiger partial charge in [-0.25, -0.2) is 9.59 Å². The van der Waals surface area contributed by atoms with Gasteiger partial charge in [-0.3, -0.25) is 0 Å². The summed E-state index contributed by atoms with van der Waals surface area (Å²) in [6.07, 6.45) is 2.15. The van der Waals surface area contributed by atoms with E-state index in [-0.39, 0.29) is 13.2 Å². The van der Waals surface area contributed by atoms with Crippen molar-refractivity contribution in [2.45, 2.75) is 20.3 Å². The molecule has 5 nitrogen and oxygen atoms in total. The number of carbonyl (C=O) groups excluding carboxylic acids is 1. The van der Waals surface area contributed by atoms with Crippen molar-refractivity contribution in [3.63, 3.8) is 0 Å². The van der Waals surface area contributed by atoms with E-state index in [1.165, 1.54) is 12.1 Å². The molecule has 0 radical (unpaired) electrons. The molecule has 0 unspecified atom stereocenters. The summed E-state index contributed by atoms with van der Waals surface area (Å²) in [5, 5.41) is 0.712. The lowest BCUT2D eigenvalue weighted by atomic mass is 10.1. The van der Waals surface area contributed by atoms with Crippen LogP contribution >= 0.6 is 0 Å². The summed E-state index contributed by atoms with van der Waals surface area (Å²) >= 11 is 0. The van der Waals surface area contributed by atoms with Gasteiger partial charge in [0.2, 0.25) is 0 Å². The largest absolute Gasteiger partial charge is 0.481 e. The van der Waals surface area contributed by atoms with Gasteiger partial charge in [-0.1, -0.05) is 19.6 Å². The smallest absolute Gasteiger partial charge is 0.344 e. The zero-order valence-corrected chi connectivity index (χ0v) is 12.7. The van der Waals surface area contributed by atoms with Crippen molar-refractivity contribution in [2.24, 2.45) is 0 Å².